The van der Waals surface area contributed by atoms with Crippen LogP contribution in [0.1, 0.15) is 18.1 Å². The monoisotopic (exact) mass is 308 g/mol. The van der Waals surface area contributed by atoms with Gasteiger partial charge < -0.3 is 4.74 Å². The molecule has 4 heteroatoms. The van der Waals surface area contributed by atoms with Crippen molar-refractivity contribution in [3.8, 4) is 5.75 Å². The summed E-state index contributed by atoms with van der Waals surface area (Å²) in [5.74, 6) is 0.365. The van der Waals surface area contributed by atoms with Gasteiger partial charge in [-0.3, -0.25) is 4.79 Å². The third kappa shape index (κ3) is 6.18. The van der Waals surface area contributed by atoms with Crippen molar-refractivity contribution >= 4 is 18.2 Å². The van der Waals surface area contributed by atoms with Gasteiger partial charge in [0.2, 0.25) is 0 Å². The van der Waals surface area contributed by atoms with E-state index in [0.29, 0.717) is 5.75 Å². The van der Waals surface area contributed by atoms with Gasteiger partial charge >= 0.3 is 0 Å². The number of hydrogen-bond acceptors (Lipinski definition) is 3. The Labute approximate surface area is 136 Å². The Hall–Kier alpha value is -2.88. The maximum atomic E-state index is 11.7. The number of rotatable bonds is 6. The standard InChI is InChI=1S/C19H20N2O2/c1-15-8-10-18(11-9-15)23-14-19(22)21-20-13-16(2)12-17-6-4-3-5-7-17/h3-13H,14H2,1-2H3,(H,21,22)/b16-12+,20-13-. The number of benzene rings is 2. The third-order valence-electron chi connectivity index (χ3n) is 3.04. The first-order chi connectivity index (χ1) is 11.1. The maximum Gasteiger partial charge on any atom is 0.277 e. The molecule has 0 bridgehead atoms. The Bertz CT molecular complexity index is 689. The number of hydrogen-bond donors (Lipinski definition) is 1. The second-order valence-electron chi connectivity index (χ2n) is 5.19. The van der Waals surface area contributed by atoms with E-state index in [1.165, 1.54) is 0 Å². The fraction of sp³-hybridized carbons (Fsp3) is 0.158. The summed E-state index contributed by atoms with van der Waals surface area (Å²) >= 11 is 0. The van der Waals surface area contributed by atoms with Gasteiger partial charge in [0.1, 0.15) is 5.75 Å². The Kier molecular flexibility index (Phi) is 6.12. The molecule has 0 aliphatic heterocycles. The van der Waals surface area contributed by atoms with Gasteiger partial charge in [-0.1, -0.05) is 54.1 Å². The van der Waals surface area contributed by atoms with Gasteiger partial charge in [-0.2, -0.15) is 5.10 Å². The molecule has 2 aromatic carbocycles. The summed E-state index contributed by atoms with van der Waals surface area (Å²) in [4.78, 5) is 11.7. The number of aryl methyl sites for hydroxylation is 1. The molecule has 0 saturated carbocycles. The van der Waals surface area contributed by atoms with Gasteiger partial charge in [-0.15, -0.1) is 0 Å². The van der Waals surface area contributed by atoms with Crippen LogP contribution in [0.2, 0.25) is 0 Å². The minimum absolute atomic E-state index is 0.0676. The van der Waals surface area contributed by atoms with Crippen molar-refractivity contribution in [3.05, 3.63) is 71.3 Å². The van der Waals surface area contributed by atoms with E-state index in [-0.39, 0.29) is 12.5 Å². The molecule has 4 nitrogen and oxygen atoms in total. The summed E-state index contributed by atoms with van der Waals surface area (Å²) in [7, 11) is 0. The lowest BCUT2D eigenvalue weighted by atomic mass is 10.1. The molecule has 0 aliphatic rings. The summed E-state index contributed by atoms with van der Waals surface area (Å²) in [5.41, 5.74) is 5.62. The van der Waals surface area contributed by atoms with E-state index < -0.39 is 0 Å². The van der Waals surface area contributed by atoms with E-state index in [1.54, 1.807) is 6.21 Å². The van der Waals surface area contributed by atoms with Crippen molar-refractivity contribution < 1.29 is 9.53 Å². The molecule has 0 aromatic heterocycles. The SMILES string of the molecule is CC(/C=N\NC(=O)COc1ccc(C)cc1)=C\c1ccccc1. The highest BCUT2D eigenvalue weighted by molar-refractivity contribution is 5.86. The zero-order valence-electron chi connectivity index (χ0n) is 13.3. The molecule has 1 amide bonds. The molecule has 2 rings (SSSR count). The highest BCUT2D eigenvalue weighted by atomic mass is 16.5. The Morgan fingerprint density at radius 2 is 1.83 bits per heavy atom. The minimum Gasteiger partial charge on any atom is -0.484 e. The van der Waals surface area contributed by atoms with Crippen molar-refractivity contribution in [3.63, 3.8) is 0 Å². The molecular weight excluding hydrogens is 288 g/mol. The molecule has 0 atom stereocenters. The smallest absolute Gasteiger partial charge is 0.277 e. The minimum atomic E-state index is -0.297. The largest absolute Gasteiger partial charge is 0.484 e. The highest BCUT2D eigenvalue weighted by Gasteiger charge is 2.00. The molecule has 0 saturated heterocycles. The predicted octanol–water partition coefficient (Wildman–Crippen LogP) is 3.58. The molecule has 0 aliphatic carbocycles. The lowest BCUT2D eigenvalue weighted by Gasteiger charge is -2.05. The van der Waals surface area contributed by atoms with Crippen molar-refractivity contribution in [2.24, 2.45) is 5.10 Å². The summed E-state index contributed by atoms with van der Waals surface area (Å²) in [5, 5.41) is 3.92. The molecule has 0 radical (unpaired) electrons. The van der Waals surface area contributed by atoms with Crippen LogP contribution in [0.5, 0.6) is 5.75 Å². The fourth-order valence-corrected chi connectivity index (χ4v) is 1.87. The number of allylic oxidation sites excluding steroid dienone is 1. The number of carbonyl (C=O) groups is 1. The summed E-state index contributed by atoms with van der Waals surface area (Å²) in [6.45, 7) is 3.85. The van der Waals surface area contributed by atoms with Crippen molar-refractivity contribution in [2.45, 2.75) is 13.8 Å². The van der Waals surface area contributed by atoms with E-state index in [9.17, 15) is 4.79 Å². The van der Waals surface area contributed by atoms with Crippen LogP contribution in [0, 0.1) is 6.92 Å². The van der Waals surface area contributed by atoms with E-state index >= 15 is 0 Å². The summed E-state index contributed by atoms with van der Waals surface area (Å²) in [6, 6.07) is 17.5. The number of nitrogens with zero attached hydrogens (tertiary/aromatic N) is 1. The van der Waals surface area contributed by atoms with Gasteiger partial charge in [-0.05, 0) is 37.1 Å². The lowest BCUT2D eigenvalue weighted by Crippen LogP contribution is -2.24. The van der Waals surface area contributed by atoms with Crippen LogP contribution in [-0.4, -0.2) is 18.7 Å². The molecule has 0 heterocycles. The zero-order chi connectivity index (χ0) is 16.5. The number of hydrazone groups is 1. The summed E-state index contributed by atoms with van der Waals surface area (Å²) < 4.78 is 5.38. The zero-order valence-corrected chi connectivity index (χ0v) is 13.3. The molecule has 0 unspecified atom stereocenters. The lowest BCUT2D eigenvalue weighted by molar-refractivity contribution is -0.123. The quantitative estimate of drug-likeness (QED) is 0.655. The number of nitrogens with one attached hydrogen (secondary N) is 1. The first-order valence-corrected chi connectivity index (χ1v) is 7.38. The van der Waals surface area contributed by atoms with Gasteiger partial charge in [-0.25, -0.2) is 5.43 Å². The summed E-state index contributed by atoms with van der Waals surface area (Å²) in [6.07, 6.45) is 3.59. The van der Waals surface area contributed by atoms with Gasteiger partial charge in [0.25, 0.3) is 5.91 Å². The van der Waals surface area contributed by atoms with E-state index in [1.807, 2.05) is 74.5 Å². The molecular formula is C19H20N2O2. The number of amides is 1. The number of carbonyl (C=O) groups excluding carboxylic acids is 1. The Morgan fingerprint density at radius 3 is 2.52 bits per heavy atom. The Morgan fingerprint density at radius 1 is 1.13 bits per heavy atom. The Balaban J connectivity index is 1.77. The fourth-order valence-electron chi connectivity index (χ4n) is 1.87. The van der Waals surface area contributed by atoms with Crippen molar-refractivity contribution in [1.29, 1.82) is 0 Å². The average molecular weight is 308 g/mol. The van der Waals surface area contributed by atoms with Crippen LogP contribution >= 0.6 is 0 Å². The molecule has 23 heavy (non-hydrogen) atoms. The molecule has 1 N–H and O–H groups in total. The molecule has 0 spiro atoms. The molecule has 0 fully saturated rings. The van der Waals surface area contributed by atoms with E-state index in [0.717, 1.165) is 16.7 Å². The average Bonchev–Trinajstić information content (AvgIpc) is 2.55. The van der Waals surface area contributed by atoms with Gasteiger partial charge in [0.05, 0.1) is 6.21 Å². The van der Waals surface area contributed by atoms with E-state index in [2.05, 4.69) is 10.5 Å². The first kappa shape index (κ1) is 16.5. The topological polar surface area (TPSA) is 50.7 Å². The van der Waals surface area contributed by atoms with E-state index in [4.69, 9.17) is 4.74 Å². The van der Waals surface area contributed by atoms with Crippen molar-refractivity contribution in [1.82, 2.24) is 5.43 Å². The van der Waals surface area contributed by atoms with Crippen LogP contribution in [-0.2, 0) is 4.79 Å². The van der Waals surface area contributed by atoms with Crippen LogP contribution in [0.3, 0.4) is 0 Å². The second-order valence-corrected chi connectivity index (χ2v) is 5.19. The number of ether oxygens (including phenoxy) is 1. The second kappa shape index (κ2) is 8.54. The molecule has 118 valence electrons. The van der Waals surface area contributed by atoms with Crippen molar-refractivity contribution in [2.75, 3.05) is 6.61 Å². The van der Waals surface area contributed by atoms with Crippen LogP contribution in [0.4, 0.5) is 0 Å². The molecule has 2 aromatic rings. The van der Waals surface area contributed by atoms with Crippen LogP contribution < -0.4 is 10.2 Å². The highest BCUT2D eigenvalue weighted by Crippen LogP contribution is 2.10. The van der Waals surface area contributed by atoms with Gasteiger partial charge in [0.15, 0.2) is 6.61 Å². The van der Waals surface area contributed by atoms with Gasteiger partial charge in [0, 0.05) is 0 Å². The van der Waals surface area contributed by atoms with Crippen LogP contribution in [0.25, 0.3) is 6.08 Å². The first-order valence-electron chi connectivity index (χ1n) is 7.38. The third-order valence-corrected chi connectivity index (χ3v) is 3.04. The maximum absolute atomic E-state index is 11.7. The van der Waals surface area contributed by atoms with Crippen LogP contribution in [0.15, 0.2) is 65.3 Å². The normalized spacial score (nSPS) is 11.5. The predicted molar refractivity (Wildman–Crippen MR) is 93.4 cm³/mol.